The maximum absolute atomic E-state index is 5.51. The number of nitrogens with zero attached hydrogens (tertiary/aromatic N) is 4. The third-order valence-corrected chi connectivity index (χ3v) is 5.18. The zero-order valence-electron chi connectivity index (χ0n) is 13.5. The molecule has 3 aromatic rings. The van der Waals surface area contributed by atoms with E-state index in [1.807, 2.05) is 36.7 Å². The van der Waals surface area contributed by atoms with Gasteiger partial charge < -0.3 is 9.64 Å². The van der Waals surface area contributed by atoms with Crippen LogP contribution in [-0.4, -0.2) is 34.7 Å². The molecule has 5 nitrogen and oxygen atoms in total. The minimum Gasteiger partial charge on any atom is -0.379 e. The Morgan fingerprint density at radius 2 is 1.88 bits per heavy atom. The molecule has 6 heteroatoms. The number of anilines is 2. The summed E-state index contributed by atoms with van der Waals surface area (Å²) in [5.41, 5.74) is 4.26. The molecule has 0 unspecified atom stereocenters. The minimum absolute atomic E-state index is 0.0554. The van der Waals surface area contributed by atoms with Crippen molar-refractivity contribution in [1.29, 1.82) is 0 Å². The SMILES string of the molecule is Sc1ccc2c(c1)N(c1ncc(-c3ccccn3)cn1)CC21COC1. The van der Waals surface area contributed by atoms with Crippen LogP contribution in [0.25, 0.3) is 11.3 Å². The second-order valence-electron chi connectivity index (χ2n) is 6.55. The molecule has 1 fully saturated rings. The zero-order chi connectivity index (χ0) is 16.9. The Hall–Kier alpha value is -2.44. The van der Waals surface area contributed by atoms with Crippen LogP contribution >= 0.6 is 12.6 Å². The first kappa shape index (κ1) is 14.9. The zero-order valence-corrected chi connectivity index (χ0v) is 14.4. The van der Waals surface area contributed by atoms with Gasteiger partial charge in [-0.1, -0.05) is 12.1 Å². The van der Waals surface area contributed by atoms with Crippen LogP contribution in [0.4, 0.5) is 11.6 Å². The van der Waals surface area contributed by atoms with Gasteiger partial charge in [0.15, 0.2) is 0 Å². The summed E-state index contributed by atoms with van der Waals surface area (Å²) >= 11 is 4.50. The monoisotopic (exact) mass is 348 g/mol. The summed E-state index contributed by atoms with van der Waals surface area (Å²) in [6, 6.07) is 12.1. The fourth-order valence-corrected chi connectivity index (χ4v) is 3.76. The number of rotatable bonds is 2. The van der Waals surface area contributed by atoms with E-state index in [2.05, 4.69) is 44.6 Å². The van der Waals surface area contributed by atoms with Gasteiger partial charge in [0, 0.05) is 41.3 Å². The van der Waals surface area contributed by atoms with Crippen molar-refractivity contribution in [2.24, 2.45) is 0 Å². The quantitative estimate of drug-likeness (QED) is 0.721. The normalized spacial score (nSPS) is 17.4. The van der Waals surface area contributed by atoms with Crippen molar-refractivity contribution < 1.29 is 4.74 Å². The number of thiol groups is 1. The maximum Gasteiger partial charge on any atom is 0.229 e. The number of hydrogen-bond acceptors (Lipinski definition) is 6. The molecule has 1 aromatic carbocycles. The van der Waals surface area contributed by atoms with E-state index in [9.17, 15) is 0 Å². The second kappa shape index (κ2) is 5.54. The van der Waals surface area contributed by atoms with Gasteiger partial charge in [0.1, 0.15) is 0 Å². The maximum atomic E-state index is 5.51. The van der Waals surface area contributed by atoms with Crippen molar-refractivity contribution in [3.05, 3.63) is 60.6 Å². The first-order valence-corrected chi connectivity index (χ1v) is 8.62. The van der Waals surface area contributed by atoms with E-state index in [1.165, 1.54) is 5.56 Å². The van der Waals surface area contributed by atoms with Crippen LogP contribution in [0, 0.1) is 0 Å². The summed E-state index contributed by atoms with van der Waals surface area (Å²) in [6.07, 6.45) is 5.43. The van der Waals surface area contributed by atoms with Gasteiger partial charge >= 0.3 is 0 Å². The predicted molar refractivity (Wildman–Crippen MR) is 98.5 cm³/mol. The van der Waals surface area contributed by atoms with E-state index in [0.717, 1.165) is 41.6 Å². The Balaban J connectivity index is 1.53. The smallest absolute Gasteiger partial charge is 0.229 e. The van der Waals surface area contributed by atoms with Crippen molar-refractivity contribution in [3.63, 3.8) is 0 Å². The standard InChI is InChI=1S/C19H16N4OS/c25-14-4-5-15-17(7-14)23(10-19(15)11-24-12-19)18-21-8-13(9-22-18)16-3-1-2-6-20-16/h1-9,25H,10-12H2. The van der Waals surface area contributed by atoms with Crippen LogP contribution in [-0.2, 0) is 10.2 Å². The highest BCUT2D eigenvalue weighted by molar-refractivity contribution is 7.80. The first-order valence-electron chi connectivity index (χ1n) is 8.17. The second-order valence-corrected chi connectivity index (χ2v) is 7.06. The highest BCUT2D eigenvalue weighted by Crippen LogP contribution is 2.48. The lowest BCUT2D eigenvalue weighted by molar-refractivity contribution is -0.0507. The molecule has 124 valence electrons. The van der Waals surface area contributed by atoms with Gasteiger partial charge in [-0.05, 0) is 29.8 Å². The Labute approximate surface area is 151 Å². The van der Waals surface area contributed by atoms with E-state index in [-0.39, 0.29) is 5.41 Å². The van der Waals surface area contributed by atoms with Crippen LogP contribution in [0.3, 0.4) is 0 Å². The Bertz CT molecular complexity index is 926. The molecular formula is C19H16N4OS. The van der Waals surface area contributed by atoms with Crippen molar-refractivity contribution in [1.82, 2.24) is 15.0 Å². The fraction of sp³-hybridized carbons (Fsp3) is 0.211. The summed E-state index contributed by atoms with van der Waals surface area (Å²) < 4.78 is 5.51. The fourth-order valence-electron chi connectivity index (χ4n) is 3.56. The van der Waals surface area contributed by atoms with E-state index in [0.29, 0.717) is 5.95 Å². The topological polar surface area (TPSA) is 51.1 Å². The van der Waals surface area contributed by atoms with Crippen LogP contribution in [0.5, 0.6) is 0 Å². The molecule has 0 saturated carbocycles. The third kappa shape index (κ3) is 2.33. The minimum atomic E-state index is 0.0554. The van der Waals surface area contributed by atoms with Gasteiger partial charge in [0.05, 0.1) is 24.3 Å². The molecule has 1 saturated heterocycles. The number of hydrogen-bond donors (Lipinski definition) is 1. The van der Waals surface area contributed by atoms with Crippen molar-refractivity contribution in [2.75, 3.05) is 24.7 Å². The summed E-state index contributed by atoms with van der Waals surface area (Å²) in [5.74, 6) is 0.698. The van der Waals surface area contributed by atoms with Crippen LogP contribution < -0.4 is 4.90 Å². The van der Waals surface area contributed by atoms with Gasteiger partial charge in [0.2, 0.25) is 5.95 Å². The molecule has 1 spiro atoms. The Morgan fingerprint density at radius 1 is 1.04 bits per heavy atom. The Kier molecular flexibility index (Phi) is 3.29. The lowest BCUT2D eigenvalue weighted by atomic mass is 9.81. The third-order valence-electron chi connectivity index (χ3n) is 4.90. The van der Waals surface area contributed by atoms with E-state index in [1.54, 1.807) is 6.20 Å². The van der Waals surface area contributed by atoms with Gasteiger partial charge in [-0.25, -0.2) is 9.97 Å². The van der Waals surface area contributed by atoms with E-state index < -0.39 is 0 Å². The van der Waals surface area contributed by atoms with Crippen LogP contribution in [0.2, 0.25) is 0 Å². The van der Waals surface area contributed by atoms with Gasteiger partial charge in [-0.2, -0.15) is 0 Å². The van der Waals surface area contributed by atoms with Crippen molar-refractivity contribution in [2.45, 2.75) is 10.3 Å². The van der Waals surface area contributed by atoms with Gasteiger partial charge in [0.25, 0.3) is 0 Å². The molecule has 0 atom stereocenters. The summed E-state index contributed by atoms with van der Waals surface area (Å²) in [5, 5.41) is 0. The van der Waals surface area contributed by atoms with E-state index >= 15 is 0 Å². The molecule has 0 aliphatic carbocycles. The molecule has 0 N–H and O–H groups in total. The lowest BCUT2D eigenvalue weighted by Gasteiger charge is -2.38. The molecular weight excluding hydrogens is 332 g/mol. The van der Waals surface area contributed by atoms with Gasteiger partial charge in [-0.15, -0.1) is 12.6 Å². The van der Waals surface area contributed by atoms with E-state index in [4.69, 9.17) is 4.74 Å². The molecule has 0 amide bonds. The molecule has 0 radical (unpaired) electrons. The van der Waals surface area contributed by atoms with Crippen molar-refractivity contribution >= 4 is 24.3 Å². The Morgan fingerprint density at radius 3 is 2.56 bits per heavy atom. The average Bonchev–Trinajstić information content (AvgIpc) is 2.97. The highest BCUT2D eigenvalue weighted by atomic mass is 32.1. The van der Waals surface area contributed by atoms with Crippen LogP contribution in [0.1, 0.15) is 5.56 Å². The summed E-state index contributed by atoms with van der Waals surface area (Å²) in [6.45, 7) is 2.32. The number of benzene rings is 1. The number of ether oxygens (including phenoxy) is 1. The molecule has 2 aromatic heterocycles. The molecule has 0 bridgehead atoms. The lowest BCUT2D eigenvalue weighted by Crippen LogP contribution is -2.49. The molecule has 4 heterocycles. The number of aromatic nitrogens is 3. The largest absolute Gasteiger partial charge is 0.379 e. The van der Waals surface area contributed by atoms with Crippen molar-refractivity contribution in [3.8, 4) is 11.3 Å². The summed E-state index contributed by atoms with van der Waals surface area (Å²) in [4.78, 5) is 16.6. The molecule has 2 aliphatic heterocycles. The highest BCUT2D eigenvalue weighted by Gasteiger charge is 2.49. The number of fused-ring (bicyclic) bond motifs is 2. The molecule has 2 aliphatic rings. The number of pyridine rings is 1. The molecule has 5 rings (SSSR count). The van der Waals surface area contributed by atoms with Gasteiger partial charge in [-0.3, -0.25) is 4.98 Å². The molecule has 25 heavy (non-hydrogen) atoms. The predicted octanol–water partition coefficient (Wildman–Crippen LogP) is 3.25. The summed E-state index contributed by atoms with van der Waals surface area (Å²) in [7, 11) is 0. The van der Waals surface area contributed by atoms with Crippen LogP contribution in [0.15, 0.2) is 59.9 Å². The first-order chi connectivity index (χ1) is 12.3. The average molecular weight is 348 g/mol.